The molecule has 10 heavy (non-hydrogen) atoms. The summed E-state index contributed by atoms with van der Waals surface area (Å²) in [6, 6.07) is 0. The molecule has 5 heteroatoms. The Morgan fingerprint density at radius 1 is 1.50 bits per heavy atom. The summed E-state index contributed by atoms with van der Waals surface area (Å²) in [6.07, 6.45) is 0. The number of rotatable bonds is 3. The summed E-state index contributed by atoms with van der Waals surface area (Å²) in [5.74, 6) is 0. The van der Waals surface area contributed by atoms with Gasteiger partial charge in [0.05, 0.1) is 0 Å². The second-order valence-electron chi connectivity index (χ2n) is 1.78. The van der Waals surface area contributed by atoms with Crippen molar-refractivity contribution in [3.05, 3.63) is 0 Å². The average molecular weight is 292 g/mol. The van der Waals surface area contributed by atoms with Crippen molar-refractivity contribution in [2.75, 3.05) is 6.61 Å². The van der Waals surface area contributed by atoms with E-state index in [0.29, 0.717) is 11.0 Å². The number of ether oxygens (including phenoxy) is 1. The Labute approximate surface area is 72.1 Å². The summed E-state index contributed by atoms with van der Waals surface area (Å²) < 4.78 is 4.90. The molecule has 0 rings (SSSR count). The molecule has 0 unspecified atom stereocenters. The third kappa shape index (κ3) is 3.30. The van der Waals surface area contributed by atoms with Crippen LogP contribution in [0.25, 0.3) is 0 Å². The van der Waals surface area contributed by atoms with Gasteiger partial charge in [0.1, 0.15) is 0 Å². The monoisotopic (exact) mass is 292 g/mol. The summed E-state index contributed by atoms with van der Waals surface area (Å²) in [6.45, 7) is 3.91. The van der Waals surface area contributed by atoms with E-state index in [2.05, 4.69) is 4.74 Å². The van der Waals surface area contributed by atoms with Crippen LogP contribution in [0.4, 0.5) is 4.79 Å². The van der Waals surface area contributed by atoms with Gasteiger partial charge in [-0.3, -0.25) is 0 Å². The maximum absolute atomic E-state index is 10.9. The van der Waals surface area contributed by atoms with Gasteiger partial charge in [-0.25, -0.2) is 0 Å². The molecule has 0 heterocycles. The first kappa shape index (κ1) is 10.8. The van der Waals surface area contributed by atoms with Crippen molar-refractivity contribution in [3.63, 3.8) is 0 Å². The summed E-state index contributed by atoms with van der Waals surface area (Å²) >= 11 is -3.41. The van der Waals surface area contributed by atoms with Crippen molar-refractivity contribution < 1.29 is 9.53 Å². The van der Waals surface area contributed by atoms with Crippen molar-refractivity contribution >= 4 is 38.0 Å². The summed E-state index contributed by atoms with van der Waals surface area (Å²) in [5, 5.41) is 0. The van der Waals surface area contributed by atoms with Crippen LogP contribution in [0.5, 0.6) is 0 Å². The van der Waals surface area contributed by atoms with Crippen LogP contribution in [0, 0.1) is 0 Å². The predicted octanol–water partition coefficient (Wildman–Crippen LogP) is 2.66. The van der Waals surface area contributed by atoms with Gasteiger partial charge in [0.2, 0.25) is 0 Å². The minimum absolute atomic E-state index is 0.358. The van der Waals surface area contributed by atoms with Crippen LogP contribution in [-0.4, -0.2) is 26.7 Å². The van der Waals surface area contributed by atoms with E-state index in [0.717, 1.165) is 0 Å². The molecule has 0 saturated carbocycles. The zero-order valence-corrected chi connectivity index (χ0v) is 10.4. The van der Waals surface area contributed by atoms with Gasteiger partial charge < -0.3 is 0 Å². The van der Waals surface area contributed by atoms with Crippen LogP contribution >= 0.6 is 17.8 Å². The zero-order valence-electron chi connectivity index (χ0n) is 5.99. The number of carbonyl (C=O) groups excluding carboxylic acids is 1. The van der Waals surface area contributed by atoms with Crippen molar-refractivity contribution in [1.82, 2.24) is 0 Å². The van der Waals surface area contributed by atoms with Gasteiger partial charge in [-0.15, -0.1) is 0 Å². The molecule has 0 N–H and O–H groups in total. The minimum atomic E-state index is -3.41. The average Bonchev–Trinajstić information content (AvgIpc) is 1.89. The predicted molar refractivity (Wildman–Crippen MR) is 45.0 cm³/mol. The Balaban J connectivity index is 3.91. The Morgan fingerprint density at radius 2 is 2.00 bits per heavy atom. The van der Waals surface area contributed by atoms with Gasteiger partial charge >= 0.3 is 72.4 Å². The van der Waals surface area contributed by atoms with E-state index in [4.69, 9.17) is 17.8 Å². The number of hydrogen-bond donors (Lipinski definition) is 0. The fourth-order valence-electron chi connectivity index (χ4n) is 0.381. The van der Waals surface area contributed by atoms with Crippen LogP contribution in [0.2, 0.25) is 4.44 Å². The molecule has 0 aromatic rings. The number of halogens is 2. The molecule has 0 bridgehead atoms. The van der Waals surface area contributed by atoms with Crippen molar-refractivity contribution in [1.29, 1.82) is 0 Å². The second-order valence-corrected chi connectivity index (χ2v) is 18.9. The fourth-order valence-corrected chi connectivity index (χ4v) is 2.95. The normalized spacial score (nSPS) is 11.2. The van der Waals surface area contributed by atoms with E-state index in [9.17, 15) is 4.79 Å². The van der Waals surface area contributed by atoms with Gasteiger partial charge in [0.15, 0.2) is 0 Å². The van der Waals surface area contributed by atoms with Crippen LogP contribution in [0.1, 0.15) is 13.8 Å². The Kier molecular flexibility index (Phi) is 5.07. The first-order chi connectivity index (χ1) is 4.54. The van der Waals surface area contributed by atoms with E-state index in [-0.39, 0.29) is 3.99 Å². The molecular formula is C5H10Cl2O2Sn. The zero-order chi connectivity index (χ0) is 8.20. The van der Waals surface area contributed by atoms with Gasteiger partial charge in [-0.2, -0.15) is 0 Å². The van der Waals surface area contributed by atoms with Gasteiger partial charge in [0, 0.05) is 0 Å². The third-order valence-electron chi connectivity index (χ3n) is 1.02. The van der Waals surface area contributed by atoms with Crippen molar-refractivity contribution in [3.8, 4) is 0 Å². The maximum atomic E-state index is 10.9. The van der Waals surface area contributed by atoms with Crippen LogP contribution in [0.15, 0.2) is 0 Å². The van der Waals surface area contributed by atoms with E-state index in [1.807, 2.05) is 6.92 Å². The molecule has 2 nitrogen and oxygen atoms in total. The van der Waals surface area contributed by atoms with Gasteiger partial charge in [-0.1, -0.05) is 0 Å². The molecule has 0 atom stereocenters. The first-order valence-electron chi connectivity index (χ1n) is 3.09. The summed E-state index contributed by atoms with van der Waals surface area (Å²) in [4.78, 5) is 10.9. The van der Waals surface area contributed by atoms with E-state index in [1.54, 1.807) is 6.92 Å². The van der Waals surface area contributed by atoms with E-state index in [1.165, 1.54) is 0 Å². The molecule has 0 aliphatic heterocycles. The Morgan fingerprint density at radius 3 is 2.30 bits per heavy atom. The van der Waals surface area contributed by atoms with Gasteiger partial charge in [-0.05, 0) is 0 Å². The molecule has 0 aromatic carbocycles. The Bertz CT molecular complexity index is 127. The Hall–Kier alpha value is 0.849. The van der Waals surface area contributed by atoms with Gasteiger partial charge in [0.25, 0.3) is 0 Å². The van der Waals surface area contributed by atoms with Crippen LogP contribution < -0.4 is 0 Å². The second kappa shape index (κ2) is 4.67. The van der Waals surface area contributed by atoms with Crippen molar-refractivity contribution in [2.24, 2.45) is 0 Å². The molecule has 0 radical (unpaired) electrons. The number of hydrogen-bond acceptors (Lipinski definition) is 2. The molecule has 0 saturated heterocycles. The van der Waals surface area contributed by atoms with Crippen LogP contribution in [0.3, 0.4) is 0 Å². The van der Waals surface area contributed by atoms with E-state index < -0.39 is 16.1 Å². The molecule has 0 aromatic heterocycles. The molecule has 0 amide bonds. The summed E-state index contributed by atoms with van der Waals surface area (Å²) in [7, 11) is 11.5. The molecule has 0 aliphatic carbocycles. The van der Waals surface area contributed by atoms with Crippen molar-refractivity contribution in [2.45, 2.75) is 18.3 Å². The quantitative estimate of drug-likeness (QED) is 0.747. The molecule has 60 valence electrons. The topological polar surface area (TPSA) is 26.3 Å². The summed E-state index contributed by atoms with van der Waals surface area (Å²) in [5.41, 5.74) is 0. The first-order valence-corrected chi connectivity index (χ1v) is 13.8. The fraction of sp³-hybridized carbons (Fsp3) is 0.800. The van der Waals surface area contributed by atoms with Crippen LogP contribution in [-0.2, 0) is 4.74 Å². The third-order valence-corrected chi connectivity index (χ3v) is 11.3. The number of carbonyl (C=O) groups is 1. The molecule has 0 aliphatic rings. The standard InChI is InChI=1S/C3H5O2.C2H5.2ClH.Sn/c1-2-5-3-4;1-2;;;/h2H2,1H3;1H2,2H3;2*1H;/q;;;;+2/p-2. The molecule has 0 spiro atoms. The SMILES string of the molecule is CCO[C](=O)[Sn]([Cl])([Cl])[CH2]C. The molecular weight excluding hydrogens is 282 g/mol. The molecule has 0 fully saturated rings. The van der Waals surface area contributed by atoms with E-state index >= 15 is 0 Å².